The summed E-state index contributed by atoms with van der Waals surface area (Å²) in [5, 5.41) is 0. The van der Waals surface area contributed by atoms with Crippen molar-refractivity contribution >= 4 is 7.60 Å². The molecule has 0 aliphatic carbocycles. The molecule has 0 aromatic heterocycles. The van der Waals surface area contributed by atoms with Crippen LogP contribution in [0.2, 0.25) is 0 Å². The van der Waals surface area contributed by atoms with E-state index in [-0.39, 0.29) is 6.16 Å². The maximum Gasteiger partial charge on any atom is 0.329 e. The van der Waals surface area contributed by atoms with Gasteiger partial charge in [-0.1, -0.05) is 38.8 Å². The lowest BCUT2D eigenvalue weighted by molar-refractivity contribution is 0.371. The summed E-state index contributed by atoms with van der Waals surface area (Å²) in [7, 11) is -2.41. The van der Waals surface area contributed by atoms with Crippen LogP contribution in [0.15, 0.2) is 24.3 Å². The minimum atomic E-state index is -3.95. The van der Waals surface area contributed by atoms with Gasteiger partial charge in [0.25, 0.3) is 0 Å². The molecule has 2 N–H and O–H groups in total. The summed E-state index contributed by atoms with van der Waals surface area (Å²) < 4.78 is 15.5. The molecule has 0 atom stereocenters. The van der Waals surface area contributed by atoms with E-state index in [9.17, 15) is 4.57 Å². The summed E-state index contributed by atoms with van der Waals surface area (Å²) in [6.45, 7) is 4.36. The highest BCUT2D eigenvalue weighted by Gasteiger charge is 2.13. The smallest absolute Gasteiger partial charge is 0.329 e. The highest BCUT2D eigenvalue weighted by molar-refractivity contribution is 7.50. The molecule has 0 heterocycles. The van der Waals surface area contributed by atoms with Crippen LogP contribution < -0.4 is 4.74 Å². The van der Waals surface area contributed by atoms with Gasteiger partial charge in [0, 0.05) is 0 Å². The van der Waals surface area contributed by atoms with Gasteiger partial charge in [0.15, 0.2) is 0 Å². The quantitative estimate of drug-likeness (QED) is 0.816. The van der Waals surface area contributed by atoms with Crippen molar-refractivity contribution < 1.29 is 19.1 Å². The molecule has 1 aromatic rings. The molecule has 1 rings (SSSR count). The standard InChI is InChI=1S/C8H11O4P.C4H10/c1-12-8-4-2-7(3-5-8)6-13(9,10)11;1-3-4-2/h2-5H,6H2,1H3,(H2,9,10,11);3-4H2,1-2H3. The minimum absolute atomic E-state index is 0.225. The molecule has 0 unspecified atom stereocenters. The number of unbranched alkanes of at least 4 members (excludes halogenated alkanes) is 1. The Morgan fingerprint density at radius 2 is 1.59 bits per heavy atom. The third-order valence-electron chi connectivity index (χ3n) is 2.05. The summed E-state index contributed by atoms with van der Waals surface area (Å²) in [5.74, 6) is 0.675. The molecule has 0 spiro atoms. The van der Waals surface area contributed by atoms with Gasteiger partial charge in [-0.3, -0.25) is 4.57 Å². The van der Waals surface area contributed by atoms with Gasteiger partial charge in [0.1, 0.15) is 5.75 Å². The van der Waals surface area contributed by atoms with E-state index >= 15 is 0 Å². The summed E-state index contributed by atoms with van der Waals surface area (Å²) in [5.41, 5.74) is 0.606. The third kappa shape index (κ3) is 8.93. The minimum Gasteiger partial charge on any atom is -0.497 e. The monoisotopic (exact) mass is 260 g/mol. The molecule has 0 bridgehead atoms. The van der Waals surface area contributed by atoms with Crippen LogP contribution in [0.25, 0.3) is 0 Å². The molecule has 1 aromatic carbocycles. The van der Waals surface area contributed by atoms with Crippen LogP contribution in [0.3, 0.4) is 0 Å². The largest absolute Gasteiger partial charge is 0.497 e. The Hall–Kier alpha value is -0.830. The van der Waals surface area contributed by atoms with E-state index in [0.29, 0.717) is 11.3 Å². The summed E-state index contributed by atoms with van der Waals surface area (Å²) in [4.78, 5) is 17.4. The van der Waals surface area contributed by atoms with E-state index in [4.69, 9.17) is 14.5 Å². The van der Waals surface area contributed by atoms with Crippen molar-refractivity contribution in [3.63, 3.8) is 0 Å². The number of methoxy groups -OCH3 is 1. The Morgan fingerprint density at radius 3 is 1.88 bits per heavy atom. The van der Waals surface area contributed by atoms with Crippen LogP contribution in [0.1, 0.15) is 32.3 Å². The predicted molar refractivity (Wildman–Crippen MR) is 69.3 cm³/mol. The van der Waals surface area contributed by atoms with Gasteiger partial charge in [0.05, 0.1) is 13.3 Å². The van der Waals surface area contributed by atoms with Gasteiger partial charge in [-0.15, -0.1) is 0 Å². The summed E-state index contributed by atoms with van der Waals surface area (Å²) >= 11 is 0. The van der Waals surface area contributed by atoms with Gasteiger partial charge >= 0.3 is 7.60 Å². The van der Waals surface area contributed by atoms with Crippen LogP contribution in [-0.2, 0) is 10.7 Å². The van der Waals surface area contributed by atoms with Crippen LogP contribution >= 0.6 is 7.60 Å². The molecule has 4 nitrogen and oxygen atoms in total. The van der Waals surface area contributed by atoms with E-state index in [2.05, 4.69) is 13.8 Å². The van der Waals surface area contributed by atoms with Crippen molar-refractivity contribution in [2.75, 3.05) is 7.11 Å². The van der Waals surface area contributed by atoms with Gasteiger partial charge in [-0.05, 0) is 17.7 Å². The summed E-state index contributed by atoms with van der Waals surface area (Å²) in [6.07, 6.45) is 2.41. The third-order valence-corrected chi connectivity index (χ3v) is 2.82. The van der Waals surface area contributed by atoms with Gasteiger partial charge < -0.3 is 14.5 Å². The lowest BCUT2D eigenvalue weighted by atomic mass is 10.2. The van der Waals surface area contributed by atoms with Crippen molar-refractivity contribution in [3.05, 3.63) is 29.8 Å². The maximum atomic E-state index is 10.6. The Balaban J connectivity index is 0.000000557. The maximum absolute atomic E-state index is 10.6. The van der Waals surface area contributed by atoms with Crippen molar-refractivity contribution in [2.45, 2.75) is 32.9 Å². The first kappa shape index (κ1) is 16.2. The highest BCUT2D eigenvalue weighted by atomic mass is 31.2. The zero-order chi connectivity index (χ0) is 13.3. The second-order valence-corrected chi connectivity index (χ2v) is 5.32. The molecule has 0 aliphatic rings. The van der Waals surface area contributed by atoms with Crippen molar-refractivity contribution in [3.8, 4) is 5.75 Å². The van der Waals surface area contributed by atoms with Gasteiger partial charge in [-0.2, -0.15) is 0 Å². The average Bonchev–Trinajstić information content (AvgIpc) is 2.28. The van der Waals surface area contributed by atoms with Crippen molar-refractivity contribution in [2.24, 2.45) is 0 Å². The molecule has 0 aliphatic heterocycles. The van der Waals surface area contributed by atoms with E-state index in [0.717, 1.165) is 0 Å². The highest BCUT2D eigenvalue weighted by Crippen LogP contribution is 2.39. The Kier molecular flexibility index (Phi) is 7.88. The Labute approximate surface area is 103 Å². The van der Waals surface area contributed by atoms with Gasteiger partial charge in [-0.25, -0.2) is 0 Å². The molecule has 0 radical (unpaired) electrons. The van der Waals surface area contributed by atoms with Crippen LogP contribution in [0, 0.1) is 0 Å². The number of rotatable bonds is 4. The topological polar surface area (TPSA) is 66.8 Å². The molecule has 0 fully saturated rings. The Morgan fingerprint density at radius 1 is 1.12 bits per heavy atom. The fraction of sp³-hybridized carbons (Fsp3) is 0.500. The number of ether oxygens (including phenoxy) is 1. The molecule has 98 valence electrons. The molecular weight excluding hydrogens is 239 g/mol. The first-order chi connectivity index (χ1) is 7.92. The molecule has 5 heteroatoms. The molecule has 0 amide bonds. The lowest BCUT2D eigenvalue weighted by Crippen LogP contribution is -1.87. The van der Waals surface area contributed by atoms with Crippen LogP contribution in [-0.4, -0.2) is 16.9 Å². The van der Waals surface area contributed by atoms with Crippen molar-refractivity contribution in [1.82, 2.24) is 0 Å². The van der Waals surface area contributed by atoms with E-state index in [1.165, 1.54) is 20.0 Å². The van der Waals surface area contributed by atoms with Crippen LogP contribution in [0.5, 0.6) is 5.75 Å². The molecule has 0 saturated heterocycles. The number of hydrogen-bond donors (Lipinski definition) is 2. The predicted octanol–water partition coefficient (Wildman–Crippen LogP) is 3.18. The van der Waals surface area contributed by atoms with Gasteiger partial charge in [0.2, 0.25) is 0 Å². The molecular formula is C12H21O4P. The molecule has 17 heavy (non-hydrogen) atoms. The van der Waals surface area contributed by atoms with E-state index < -0.39 is 7.60 Å². The number of hydrogen-bond acceptors (Lipinski definition) is 2. The fourth-order valence-electron chi connectivity index (χ4n) is 0.969. The Bertz CT molecular complexity index is 340. The van der Waals surface area contributed by atoms with E-state index in [1.807, 2.05) is 0 Å². The lowest BCUT2D eigenvalue weighted by Gasteiger charge is -2.04. The second-order valence-electron chi connectivity index (χ2n) is 3.67. The SMILES string of the molecule is CCCC.COc1ccc(CP(=O)(O)O)cc1. The normalized spacial score (nSPS) is 10.4. The van der Waals surface area contributed by atoms with Crippen molar-refractivity contribution in [1.29, 1.82) is 0 Å². The fourth-order valence-corrected chi connectivity index (χ4v) is 1.66. The van der Waals surface area contributed by atoms with Crippen LogP contribution in [0.4, 0.5) is 0 Å². The zero-order valence-corrected chi connectivity index (χ0v) is 11.5. The zero-order valence-electron chi connectivity index (χ0n) is 10.6. The first-order valence-corrected chi connectivity index (χ1v) is 7.40. The second kappa shape index (κ2) is 8.29. The van der Waals surface area contributed by atoms with E-state index in [1.54, 1.807) is 24.3 Å². The molecule has 0 saturated carbocycles. The summed E-state index contributed by atoms with van der Waals surface area (Å²) in [6, 6.07) is 6.62. The first-order valence-electron chi connectivity index (χ1n) is 5.60. The number of benzene rings is 1. The average molecular weight is 260 g/mol.